The molecule has 0 atom stereocenters. The molecule has 164 valence electrons. The molecule has 0 amide bonds. The molecule has 2 heterocycles. The van der Waals surface area contributed by atoms with Crippen LogP contribution in [-0.2, 0) is 6.42 Å². The fraction of sp³-hybridized carbons (Fsp3) is 0.172. The molecular formula is C29H24O3S. The Bertz CT molecular complexity index is 1470. The molecule has 0 aliphatic rings. The number of ketones is 2. The van der Waals surface area contributed by atoms with Crippen LogP contribution < -0.4 is 0 Å². The summed E-state index contributed by atoms with van der Waals surface area (Å²) >= 11 is 1.53. The van der Waals surface area contributed by atoms with Gasteiger partial charge < -0.3 is 4.42 Å². The maximum absolute atomic E-state index is 13.5. The van der Waals surface area contributed by atoms with Crippen molar-refractivity contribution in [3.05, 3.63) is 105 Å². The molecule has 0 fully saturated rings. The molecule has 0 saturated carbocycles. The molecule has 4 heteroatoms. The van der Waals surface area contributed by atoms with E-state index in [4.69, 9.17) is 4.42 Å². The van der Waals surface area contributed by atoms with E-state index in [1.807, 2.05) is 54.6 Å². The van der Waals surface area contributed by atoms with Crippen molar-refractivity contribution in [1.82, 2.24) is 0 Å². The molecule has 0 radical (unpaired) electrons. The SMILES string of the molecule is CCCCCc1ccc(C(=O)c2ccccc2C(=O)c2ccc3oc4ccccc4c3c2)s1. The van der Waals surface area contributed by atoms with Crippen LogP contribution in [0.3, 0.4) is 0 Å². The van der Waals surface area contributed by atoms with E-state index in [2.05, 4.69) is 6.92 Å². The van der Waals surface area contributed by atoms with Crippen LogP contribution >= 0.6 is 11.3 Å². The first kappa shape index (κ1) is 21.4. The molecule has 5 rings (SSSR count). The molecule has 0 aliphatic heterocycles. The Balaban J connectivity index is 1.48. The molecule has 0 bridgehead atoms. The number of rotatable bonds is 8. The molecular weight excluding hydrogens is 428 g/mol. The number of para-hydroxylation sites is 1. The number of furan rings is 1. The minimum absolute atomic E-state index is 0.0967. The number of unbranched alkanes of at least 4 members (excludes halogenated alkanes) is 2. The van der Waals surface area contributed by atoms with E-state index in [1.165, 1.54) is 29.1 Å². The third-order valence-corrected chi connectivity index (χ3v) is 7.11. The van der Waals surface area contributed by atoms with Crippen LogP contribution in [0.2, 0.25) is 0 Å². The second-order valence-corrected chi connectivity index (χ2v) is 9.40. The highest BCUT2D eigenvalue weighted by atomic mass is 32.1. The number of fused-ring (bicyclic) bond motifs is 3. The summed E-state index contributed by atoms with van der Waals surface area (Å²) in [4.78, 5) is 28.7. The van der Waals surface area contributed by atoms with E-state index in [9.17, 15) is 9.59 Å². The van der Waals surface area contributed by atoms with E-state index >= 15 is 0 Å². The normalized spacial score (nSPS) is 11.3. The lowest BCUT2D eigenvalue weighted by atomic mass is 9.95. The van der Waals surface area contributed by atoms with E-state index in [0.29, 0.717) is 21.6 Å². The standard InChI is InChI=1S/C29H24O3S/c1-2-3-4-9-20-15-17-27(33-20)29(31)23-12-6-5-11-22(23)28(30)19-14-16-26-24(18-19)21-10-7-8-13-25(21)32-26/h5-8,10-18H,2-4,9H2,1H3. The van der Waals surface area contributed by atoms with E-state index in [0.717, 1.165) is 34.8 Å². The summed E-state index contributed by atoms with van der Waals surface area (Å²) in [7, 11) is 0. The summed E-state index contributed by atoms with van der Waals surface area (Å²) in [6.45, 7) is 2.18. The van der Waals surface area contributed by atoms with Crippen molar-refractivity contribution in [1.29, 1.82) is 0 Å². The van der Waals surface area contributed by atoms with Crippen molar-refractivity contribution in [3.8, 4) is 0 Å². The van der Waals surface area contributed by atoms with Crippen molar-refractivity contribution < 1.29 is 14.0 Å². The van der Waals surface area contributed by atoms with Crippen LogP contribution in [0.5, 0.6) is 0 Å². The van der Waals surface area contributed by atoms with Gasteiger partial charge in [0.25, 0.3) is 0 Å². The first-order chi connectivity index (χ1) is 16.2. The minimum Gasteiger partial charge on any atom is -0.456 e. The number of thiophene rings is 1. The maximum atomic E-state index is 13.5. The molecule has 0 N–H and O–H groups in total. The van der Waals surface area contributed by atoms with Crippen molar-refractivity contribution in [2.45, 2.75) is 32.6 Å². The van der Waals surface area contributed by atoms with Gasteiger partial charge in [-0.2, -0.15) is 0 Å². The summed E-state index contributed by atoms with van der Waals surface area (Å²) in [6, 6.07) is 24.3. The molecule has 3 aromatic carbocycles. The largest absolute Gasteiger partial charge is 0.456 e. The van der Waals surface area contributed by atoms with Crippen LogP contribution in [0.4, 0.5) is 0 Å². The topological polar surface area (TPSA) is 47.3 Å². The van der Waals surface area contributed by atoms with Crippen LogP contribution in [0.15, 0.2) is 83.3 Å². The molecule has 5 aromatic rings. The van der Waals surface area contributed by atoms with Gasteiger partial charge in [-0.15, -0.1) is 11.3 Å². The van der Waals surface area contributed by atoms with E-state index in [-0.39, 0.29) is 11.6 Å². The summed E-state index contributed by atoms with van der Waals surface area (Å²) < 4.78 is 5.89. The Morgan fingerprint density at radius 3 is 2.30 bits per heavy atom. The average Bonchev–Trinajstić information content (AvgIpc) is 3.47. The number of carbonyl (C=O) groups excluding carboxylic acids is 2. The van der Waals surface area contributed by atoms with E-state index in [1.54, 1.807) is 24.3 Å². The Labute approximate surface area is 196 Å². The van der Waals surface area contributed by atoms with Gasteiger partial charge in [-0.25, -0.2) is 0 Å². The van der Waals surface area contributed by atoms with Gasteiger partial charge in [0.05, 0.1) is 4.88 Å². The fourth-order valence-corrected chi connectivity index (χ4v) is 5.22. The molecule has 3 nitrogen and oxygen atoms in total. The van der Waals surface area contributed by atoms with Gasteiger partial charge in [-0.05, 0) is 49.2 Å². The third-order valence-electron chi connectivity index (χ3n) is 5.97. The first-order valence-corrected chi connectivity index (χ1v) is 12.2. The number of hydrogen-bond donors (Lipinski definition) is 0. The zero-order valence-corrected chi connectivity index (χ0v) is 19.3. The van der Waals surface area contributed by atoms with Crippen molar-refractivity contribution in [3.63, 3.8) is 0 Å². The summed E-state index contributed by atoms with van der Waals surface area (Å²) in [5.74, 6) is -0.258. The summed E-state index contributed by atoms with van der Waals surface area (Å²) in [5, 5.41) is 1.87. The number of benzene rings is 3. The second kappa shape index (κ2) is 9.16. The molecule has 33 heavy (non-hydrogen) atoms. The quantitative estimate of drug-likeness (QED) is 0.178. The monoisotopic (exact) mass is 452 g/mol. The zero-order chi connectivity index (χ0) is 22.8. The lowest BCUT2D eigenvalue weighted by molar-refractivity contribution is 0.100. The lowest BCUT2D eigenvalue weighted by Crippen LogP contribution is -2.10. The highest BCUT2D eigenvalue weighted by Crippen LogP contribution is 2.30. The number of hydrogen-bond acceptors (Lipinski definition) is 4. The zero-order valence-electron chi connectivity index (χ0n) is 18.5. The minimum atomic E-state index is -0.161. The van der Waals surface area contributed by atoms with Gasteiger partial charge in [-0.1, -0.05) is 62.2 Å². The maximum Gasteiger partial charge on any atom is 0.203 e. The van der Waals surface area contributed by atoms with Crippen LogP contribution in [0.1, 0.15) is 62.2 Å². The average molecular weight is 453 g/mol. The predicted octanol–water partition coefficient (Wildman–Crippen LogP) is 7.84. The number of aryl methyl sites for hydroxylation is 1. The highest BCUT2D eigenvalue weighted by molar-refractivity contribution is 7.14. The Morgan fingerprint density at radius 1 is 0.758 bits per heavy atom. The molecule has 0 saturated heterocycles. The van der Waals surface area contributed by atoms with Gasteiger partial charge >= 0.3 is 0 Å². The predicted molar refractivity (Wildman–Crippen MR) is 135 cm³/mol. The highest BCUT2D eigenvalue weighted by Gasteiger charge is 2.21. The van der Waals surface area contributed by atoms with Crippen LogP contribution in [-0.4, -0.2) is 11.6 Å². The number of carbonyl (C=O) groups is 2. The smallest absolute Gasteiger partial charge is 0.203 e. The van der Waals surface area contributed by atoms with Crippen molar-refractivity contribution in [2.75, 3.05) is 0 Å². The van der Waals surface area contributed by atoms with Gasteiger partial charge in [0.1, 0.15) is 11.2 Å². The Hall–Kier alpha value is -3.50. The van der Waals surface area contributed by atoms with E-state index < -0.39 is 0 Å². The van der Waals surface area contributed by atoms with Crippen molar-refractivity contribution >= 4 is 44.8 Å². The second-order valence-electron chi connectivity index (χ2n) is 8.24. The van der Waals surface area contributed by atoms with Gasteiger partial charge in [-0.3, -0.25) is 9.59 Å². The summed E-state index contributed by atoms with van der Waals surface area (Å²) in [5.41, 5.74) is 2.95. The molecule has 0 aliphatic carbocycles. The van der Waals surface area contributed by atoms with Gasteiger partial charge in [0, 0.05) is 32.3 Å². The first-order valence-electron chi connectivity index (χ1n) is 11.3. The van der Waals surface area contributed by atoms with Crippen molar-refractivity contribution in [2.24, 2.45) is 0 Å². The summed E-state index contributed by atoms with van der Waals surface area (Å²) in [6.07, 6.45) is 4.48. The fourth-order valence-electron chi connectivity index (χ4n) is 4.22. The molecule has 0 unspecified atom stereocenters. The third kappa shape index (κ3) is 4.14. The van der Waals surface area contributed by atoms with Gasteiger partial charge in [0.2, 0.25) is 5.78 Å². The molecule has 0 spiro atoms. The van der Waals surface area contributed by atoms with Crippen LogP contribution in [0.25, 0.3) is 21.9 Å². The van der Waals surface area contributed by atoms with Gasteiger partial charge in [0.15, 0.2) is 5.78 Å². The Morgan fingerprint density at radius 2 is 1.48 bits per heavy atom. The molecule has 2 aromatic heterocycles. The Kier molecular flexibility index (Phi) is 5.93. The van der Waals surface area contributed by atoms with Crippen LogP contribution in [0, 0.1) is 0 Å². The lowest BCUT2D eigenvalue weighted by Gasteiger charge is -2.07.